The molecule has 1 aromatic carbocycles. The molecule has 9 nitrogen and oxygen atoms in total. The summed E-state index contributed by atoms with van der Waals surface area (Å²) in [6.45, 7) is 10.8. The van der Waals surface area contributed by atoms with Crippen LogP contribution >= 0.6 is 0 Å². The number of rotatable bonds is 6. The molecule has 34 heavy (non-hydrogen) atoms. The van der Waals surface area contributed by atoms with E-state index in [2.05, 4.69) is 5.32 Å². The van der Waals surface area contributed by atoms with Crippen molar-refractivity contribution < 1.29 is 29.0 Å². The average molecular weight is 476 g/mol. The molecule has 0 aromatic heterocycles. The molecule has 1 spiro atoms. The Bertz CT molecular complexity index is 926. The fourth-order valence-electron chi connectivity index (χ4n) is 5.07. The molecule has 2 N–H and O–H groups in total. The molecule has 0 radical (unpaired) electrons. The first-order valence-electron chi connectivity index (χ1n) is 11.8. The van der Waals surface area contributed by atoms with E-state index in [-0.39, 0.29) is 18.5 Å². The van der Waals surface area contributed by atoms with Crippen molar-refractivity contribution in [3.8, 4) is 5.75 Å². The zero-order chi connectivity index (χ0) is 25.4. The Kier molecular flexibility index (Phi) is 7.17. The number of β-lactam (4-membered cyclic amide) rings is 1. The number of carbonyl (C=O) groups excluding carboxylic acids is 3. The van der Waals surface area contributed by atoms with Crippen LogP contribution in [0.1, 0.15) is 59.9 Å². The van der Waals surface area contributed by atoms with Crippen molar-refractivity contribution in [1.29, 1.82) is 0 Å². The highest BCUT2D eigenvalue weighted by molar-refractivity contribution is 6.01. The van der Waals surface area contributed by atoms with Gasteiger partial charge < -0.3 is 24.8 Å². The average Bonchev–Trinajstić information content (AvgIpc) is 3.13. The van der Waals surface area contributed by atoms with Crippen molar-refractivity contribution in [2.75, 3.05) is 7.11 Å². The predicted octanol–water partition coefficient (Wildman–Crippen LogP) is 2.45. The van der Waals surface area contributed by atoms with Gasteiger partial charge in [0.1, 0.15) is 22.9 Å². The van der Waals surface area contributed by atoms with Gasteiger partial charge in [0.05, 0.1) is 19.3 Å². The van der Waals surface area contributed by atoms with Crippen molar-refractivity contribution in [2.45, 2.75) is 96.3 Å². The van der Waals surface area contributed by atoms with Crippen LogP contribution in [0.3, 0.4) is 0 Å². The fourth-order valence-corrected chi connectivity index (χ4v) is 5.07. The van der Waals surface area contributed by atoms with Crippen LogP contribution in [-0.4, -0.2) is 75.3 Å². The number of nitrogens with zero attached hydrogens (tertiary/aromatic N) is 2. The second kappa shape index (κ2) is 9.44. The predicted molar refractivity (Wildman–Crippen MR) is 126 cm³/mol. The maximum Gasteiger partial charge on any atom is 0.411 e. The molecule has 5 unspecified atom stereocenters. The minimum absolute atomic E-state index is 0.169. The highest BCUT2D eigenvalue weighted by Gasteiger charge is 2.69. The second-order valence-electron chi connectivity index (χ2n) is 10.3. The monoisotopic (exact) mass is 475 g/mol. The molecular weight excluding hydrogens is 438 g/mol. The number of amides is 3. The Morgan fingerprint density at radius 3 is 2.35 bits per heavy atom. The van der Waals surface area contributed by atoms with Gasteiger partial charge in [-0.2, -0.15) is 0 Å². The van der Waals surface area contributed by atoms with Gasteiger partial charge in [0.15, 0.2) is 0 Å². The van der Waals surface area contributed by atoms with Gasteiger partial charge in [0.2, 0.25) is 5.91 Å². The van der Waals surface area contributed by atoms with Gasteiger partial charge in [-0.3, -0.25) is 14.5 Å². The van der Waals surface area contributed by atoms with E-state index in [9.17, 15) is 19.5 Å². The molecule has 0 saturated carbocycles. The molecule has 9 heteroatoms. The van der Waals surface area contributed by atoms with Gasteiger partial charge in [0.25, 0.3) is 5.91 Å². The first-order chi connectivity index (χ1) is 15.8. The first kappa shape index (κ1) is 25.8. The van der Waals surface area contributed by atoms with E-state index < -0.39 is 41.3 Å². The first-order valence-corrected chi connectivity index (χ1v) is 11.8. The smallest absolute Gasteiger partial charge is 0.411 e. The third-order valence-corrected chi connectivity index (χ3v) is 6.77. The van der Waals surface area contributed by atoms with Crippen LogP contribution in [0.2, 0.25) is 0 Å². The van der Waals surface area contributed by atoms with E-state index >= 15 is 0 Å². The van der Waals surface area contributed by atoms with E-state index in [0.29, 0.717) is 18.6 Å². The van der Waals surface area contributed by atoms with Gasteiger partial charge in [-0.05, 0) is 72.1 Å². The SMILES string of the molecule is COc1ccc(CNC(=O)C(C(C)O)N2C(=O)C3(CCC(C)N3C(=O)OC(C)(C)C)C2C)cc1. The standard InChI is InChI=1S/C25H37N3O6/c1-15-12-13-25(28(15)23(32)34-24(4,5)6)17(3)27(22(25)31)20(16(2)29)21(30)26-14-18-8-10-19(33-7)11-9-18/h8-11,15-17,20,29H,12-14H2,1-7H3,(H,26,30). The lowest BCUT2D eigenvalue weighted by molar-refractivity contribution is -0.184. The van der Waals surface area contributed by atoms with Crippen LogP contribution in [0.4, 0.5) is 4.79 Å². The number of carbonyl (C=O) groups is 3. The summed E-state index contributed by atoms with van der Waals surface area (Å²) in [5.41, 5.74) is -0.899. The van der Waals surface area contributed by atoms with Gasteiger partial charge >= 0.3 is 6.09 Å². The molecule has 0 aliphatic carbocycles. The van der Waals surface area contributed by atoms with Gasteiger partial charge in [-0.1, -0.05) is 12.1 Å². The lowest BCUT2D eigenvalue weighted by atomic mass is 9.75. The van der Waals surface area contributed by atoms with E-state index in [1.54, 1.807) is 40.0 Å². The van der Waals surface area contributed by atoms with Crippen LogP contribution in [0.5, 0.6) is 5.75 Å². The minimum atomic E-state index is -1.09. The van der Waals surface area contributed by atoms with Crippen LogP contribution in [0.15, 0.2) is 24.3 Å². The third-order valence-electron chi connectivity index (χ3n) is 6.77. The van der Waals surface area contributed by atoms with Crippen molar-refractivity contribution in [1.82, 2.24) is 15.1 Å². The zero-order valence-electron chi connectivity index (χ0n) is 21.1. The molecule has 2 fully saturated rings. The normalized spacial score (nSPS) is 26.2. The number of ether oxygens (including phenoxy) is 2. The number of likely N-dealkylation sites (tertiary alicyclic amines) is 2. The number of nitrogens with one attached hydrogen (secondary N) is 1. The summed E-state index contributed by atoms with van der Waals surface area (Å²) in [7, 11) is 1.58. The number of hydrogen-bond acceptors (Lipinski definition) is 6. The minimum Gasteiger partial charge on any atom is -0.497 e. The van der Waals surface area contributed by atoms with Crippen LogP contribution in [0.25, 0.3) is 0 Å². The highest BCUT2D eigenvalue weighted by atomic mass is 16.6. The molecule has 0 bridgehead atoms. The molecule has 2 aliphatic rings. The number of hydrogen-bond donors (Lipinski definition) is 2. The van der Waals surface area contributed by atoms with Crippen LogP contribution in [-0.2, 0) is 20.9 Å². The second-order valence-corrected chi connectivity index (χ2v) is 10.3. The highest BCUT2D eigenvalue weighted by Crippen LogP contribution is 2.48. The molecule has 2 aliphatic heterocycles. The number of benzene rings is 1. The third kappa shape index (κ3) is 4.58. The molecule has 2 saturated heterocycles. The Morgan fingerprint density at radius 2 is 1.85 bits per heavy atom. The molecule has 3 amide bonds. The molecule has 1 aromatic rings. The molecule has 2 heterocycles. The van der Waals surface area contributed by atoms with E-state index in [0.717, 1.165) is 5.56 Å². The Hall–Kier alpha value is -2.81. The summed E-state index contributed by atoms with van der Waals surface area (Å²) in [4.78, 5) is 42.6. The van der Waals surface area contributed by atoms with Crippen molar-refractivity contribution >= 4 is 17.9 Å². The maximum atomic E-state index is 13.6. The molecule has 5 atom stereocenters. The largest absolute Gasteiger partial charge is 0.497 e. The Labute approximate surface area is 201 Å². The van der Waals surface area contributed by atoms with Crippen LogP contribution in [0, 0.1) is 0 Å². The van der Waals surface area contributed by atoms with Crippen molar-refractivity contribution in [3.05, 3.63) is 29.8 Å². The number of aliphatic hydroxyl groups excluding tert-OH is 1. The number of aliphatic hydroxyl groups is 1. The summed E-state index contributed by atoms with van der Waals surface area (Å²) in [5.74, 6) is -0.0704. The van der Waals surface area contributed by atoms with Crippen molar-refractivity contribution in [2.24, 2.45) is 0 Å². The number of methoxy groups -OCH3 is 1. The van der Waals surface area contributed by atoms with Crippen molar-refractivity contribution in [3.63, 3.8) is 0 Å². The summed E-state index contributed by atoms with van der Waals surface area (Å²) in [5, 5.41) is 13.3. The lowest BCUT2D eigenvalue weighted by Crippen LogP contribution is -2.82. The fraction of sp³-hybridized carbons (Fsp3) is 0.640. The molecular formula is C25H37N3O6. The summed E-state index contributed by atoms with van der Waals surface area (Å²) in [6.07, 6.45) is -0.473. The topological polar surface area (TPSA) is 108 Å². The zero-order valence-corrected chi connectivity index (χ0v) is 21.1. The van der Waals surface area contributed by atoms with E-state index in [1.807, 2.05) is 26.0 Å². The molecule has 3 rings (SSSR count). The molecule has 188 valence electrons. The summed E-state index contributed by atoms with van der Waals surface area (Å²) in [6, 6.07) is 5.57. The van der Waals surface area contributed by atoms with Gasteiger partial charge in [-0.15, -0.1) is 0 Å². The summed E-state index contributed by atoms with van der Waals surface area (Å²) < 4.78 is 10.7. The maximum absolute atomic E-state index is 13.6. The van der Waals surface area contributed by atoms with Gasteiger partial charge in [-0.25, -0.2) is 4.79 Å². The Morgan fingerprint density at radius 1 is 1.24 bits per heavy atom. The lowest BCUT2D eigenvalue weighted by Gasteiger charge is -2.59. The quantitative estimate of drug-likeness (QED) is 0.612. The Balaban J connectivity index is 1.76. The summed E-state index contributed by atoms with van der Waals surface area (Å²) >= 11 is 0. The van der Waals surface area contributed by atoms with E-state index in [1.165, 1.54) is 16.7 Å². The van der Waals surface area contributed by atoms with E-state index in [4.69, 9.17) is 9.47 Å². The van der Waals surface area contributed by atoms with Gasteiger partial charge in [0, 0.05) is 12.6 Å². The van der Waals surface area contributed by atoms with Crippen LogP contribution < -0.4 is 10.1 Å².